The zero-order valence-corrected chi connectivity index (χ0v) is 13.5. The fourth-order valence-electron chi connectivity index (χ4n) is 1.82. The van der Waals surface area contributed by atoms with E-state index in [9.17, 15) is 4.79 Å². The molecule has 0 spiro atoms. The first-order chi connectivity index (χ1) is 11.1. The Morgan fingerprint density at radius 3 is 3.13 bits per heavy atom. The van der Waals surface area contributed by atoms with E-state index in [0.29, 0.717) is 47.3 Å². The summed E-state index contributed by atoms with van der Waals surface area (Å²) in [6.07, 6.45) is 6.25. The topological polar surface area (TPSA) is 75.9 Å². The molecule has 0 atom stereocenters. The molecule has 1 aliphatic rings. The van der Waals surface area contributed by atoms with Gasteiger partial charge in [0.05, 0.1) is 18.6 Å². The quantitative estimate of drug-likeness (QED) is 0.511. The number of rotatable bonds is 5. The van der Waals surface area contributed by atoms with Crippen molar-refractivity contribution in [1.82, 2.24) is 10.3 Å². The second-order valence-electron chi connectivity index (χ2n) is 4.77. The molecule has 0 fully saturated rings. The molecule has 2 rings (SSSR count). The summed E-state index contributed by atoms with van der Waals surface area (Å²) < 4.78 is 4.96. The highest BCUT2D eigenvalue weighted by molar-refractivity contribution is 6.29. The van der Waals surface area contributed by atoms with Crippen LogP contribution in [0.4, 0.5) is 0 Å². The summed E-state index contributed by atoms with van der Waals surface area (Å²) in [6.45, 7) is 3.71. The number of carbonyl (C=O) groups is 1. The number of aromatic nitrogens is 1. The molecule has 2 heterocycles. The van der Waals surface area contributed by atoms with Crippen LogP contribution in [0.25, 0.3) is 0 Å². The number of halogens is 1. The van der Waals surface area contributed by atoms with Crippen molar-refractivity contribution in [2.24, 2.45) is 9.98 Å². The first-order valence-electron chi connectivity index (χ1n) is 7.01. The normalized spacial score (nSPS) is 16.9. The number of nitrogens with zero attached hydrogens (tertiary/aromatic N) is 3. The minimum atomic E-state index is -0.100. The lowest BCUT2D eigenvalue weighted by molar-refractivity contribution is -0.119. The van der Waals surface area contributed by atoms with Gasteiger partial charge in [-0.2, -0.15) is 0 Å². The van der Waals surface area contributed by atoms with Gasteiger partial charge in [-0.3, -0.25) is 9.79 Å². The maximum Gasteiger partial charge on any atom is 0.225 e. The van der Waals surface area contributed by atoms with Gasteiger partial charge in [0.15, 0.2) is 0 Å². The summed E-state index contributed by atoms with van der Waals surface area (Å²) in [7, 11) is 1.56. The van der Waals surface area contributed by atoms with E-state index in [0.717, 1.165) is 0 Å². The van der Waals surface area contributed by atoms with Crippen LogP contribution in [0.1, 0.15) is 24.8 Å². The van der Waals surface area contributed by atoms with Gasteiger partial charge in [-0.25, -0.2) is 9.98 Å². The number of amides is 1. The van der Waals surface area contributed by atoms with Crippen LogP contribution in [0.5, 0.6) is 0 Å². The SMILES string of the molecule is C=C(CC=N/C=C1\CCC(=O)NC(c2ccnc(Cl)c2)=N1)OC. The Hall–Kier alpha value is -2.47. The van der Waals surface area contributed by atoms with Crippen molar-refractivity contribution in [2.45, 2.75) is 19.3 Å². The average molecular weight is 333 g/mol. The maximum atomic E-state index is 11.8. The predicted molar refractivity (Wildman–Crippen MR) is 90.5 cm³/mol. The number of pyridine rings is 1. The molecule has 0 unspecified atom stereocenters. The van der Waals surface area contributed by atoms with Crippen LogP contribution < -0.4 is 5.32 Å². The van der Waals surface area contributed by atoms with Crippen molar-refractivity contribution in [3.63, 3.8) is 0 Å². The van der Waals surface area contributed by atoms with Crippen LogP contribution in [0.2, 0.25) is 5.15 Å². The molecule has 0 radical (unpaired) electrons. The Kier molecular flexibility index (Phi) is 6.05. The number of hydrogen-bond acceptors (Lipinski definition) is 5. The summed E-state index contributed by atoms with van der Waals surface area (Å²) >= 11 is 5.89. The highest BCUT2D eigenvalue weighted by Crippen LogP contribution is 2.15. The standard InChI is InChI=1S/C16H17ClN4O2/c1-11(23-2)5-7-18-10-13-3-4-15(22)21-16(20-13)12-6-8-19-14(17)9-12/h6-10H,1,3-5H2,2H3,(H,20,21,22)/b13-10+,18-7?. The van der Waals surface area contributed by atoms with Crippen molar-refractivity contribution in [2.75, 3.05) is 7.11 Å². The number of aliphatic imine (C=N–C) groups is 2. The zero-order valence-electron chi connectivity index (χ0n) is 12.8. The molecule has 1 aromatic heterocycles. The number of hydrogen-bond donors (Lipinski definition) is 1. The smallest absolute Gasteiger partial charge is 0.225 e. The third-order valence-corrected chi connectivity index (χ3v) is 3.26. The Morgan fingerprint density at radius 1 is 1.57 bits per heavy atom. The molecule has 6 nitrogen and oxygen atoms in total. The zero-order chi connectivity index (χ0) is 16.7. The number of allylic oxidation sites excluding steroid dienone is 2. The molecule has 0 aliphatic carbocycles. The Balaban J connectivity index is 2.20. The number of ether oxygens (including phenoxy) is 1. The van der Waals surface area contributed by atoms with E-state index in [1.54, 1.807) is 37.9 Å². The molecular formula is C16H17ClN4O2. The molecule has 0 saturated heterocycles. The fourth-order valence-corrected chi connectivity index (χ4v) is 1.99. The monoisotopic (exact) mass is 332 g/mol. The minimum absolute atomic E-state index is 0.100. The summed E-state index contributed by atoms with van der Waals surface area (Å²) in [5.74, 6) is 0.969. The predicted octanol–water partition coefficient (Wildman–Crippen LogP) is 2.85. The minimum Gasteiger partial charge on any atom is -0.501 e. The summed E-state index contributed by atoms with van der Waals surface area (Å²) in [6, 6.07) is 3.38. The van der Waals surface area contributed by atoms with Gasteiger partial charge in [0.2, 0.25) is 5.91 Å². The lowest BCUT2D eigenvalue weighted by atomic mass is 10.2. The molecule has 23 heavy (non-hydrogen) atoms. The van der Waals surface area contributed by atoms with Gasteiger partial charge in [0.25, 0.3) is 0 Å². The Morgan fingerprint density at radius 2 is 2.39 bits per heavy atom. The first kappa shape index (κ1) is 16.9. The van der Waals surface area contributed by atoms with Crippen LogP contribution in [-0.2, 0) is 9.53 Å². The van der Waals surface area contributed by atoms with E-state index < -0.39 is 0 Å². The van der Waals surface area contributed by atoms with Crippen molar-refractivity contribution in [3.8, 4) is 0 Å². The molecule has 0 saturated carbocycles. The van der Waals surface area contributed by atoms with Gasteiger partial charge in [0, 0.05) is 43.4 Å². The van der Waals surface area contributed by atoms with Gasteiger partial charge >= 0.3 is 0 Å². The van der Waals surface area contributed by atoms with E-state index >= 15 is 0 Å². The molecule has 1 aliphatic heterocycles. The number of carbonyl (C=O) groups excluding carboxylic acids is 1. The third-order valence-electron chi connectivity index (χ3n) is 3.06. The molecule has 1 aromatic rings. The lowest BCUT2D eigenvalue weighted by Crippen LogP contribution is -2.29. The van der Waals surface area contributed by atoms with Crippen LogP contribution in [0, 0.1) is 0 Å². The average Bonchev–Trinajstić information content (AvgIpc) is 2.73. The van der Waals surface area contributed by atoms with Crippen molar-refractivity contribution >= 4 is 29.6 Å². The fraction of sp³-hybridized carbons (Fsp3) is 0.250. The molecule has 0 aromatic carbocycles. The number of methoxy groups -OCH3 is 1. The summed E-state index contributed by atoms with van der Waals surface area (Å²) in [5.41, 5.74) is 1.40. The van der Waals surface area contributed by atoms with Crippen LogP contribution in [-0.4, -0.2) is 30.1 Å². The van der Waals surface area contributed by atoms with Gasteiger partial charge in [-0.15, -0.1) is 0 Å². The molecule has 0 bridgehead atoms. The van der Waals surface area contributed by atoms with Crippen molar-refractivity contribution < 1.29 is 9.53 Å². The van der Waals surface area contributed by atoms with Crippen molar-refractivity contribution in [3.05, 3.63) is 53.3 Å². The highest BCUT2D eigenvalue weighted by Gasteiger charge is 2.15. The summed E-state index contributed by atoms with van der Waals surface area (Å²) in [4.78, 5) is 24.4. The second kappa shape index (κ2) is 8.24. The molecule has 1 amide bonds. The maximum absolute atomic E-state index is 11.8. The van der Waals surface area contributed by atoms with Crippen LogP contribution >= 0.6 is 11.6 Å². The van der Waals surface area contributed by atoms with Gasteiger partial charge in [0.1, 0.15) is 11.0 Å². The van der Waals surface area contributed by atoms with Crippen molar-refractivity contribution in [1.29, 1.82) is 0 Å². The number of nitrogens with one attached hydrogen (secondary N) is 1. The van der Waals surface area contributed by atoms with Gasteiger partial charge in [-0.1, -0.05) is 18.2 Å². The Bertz CT molecular complexity index is 695. The number of amidine groups is 1. The first-order valence-corrected chi connectivity index (χ1v) is 7.39. The highest BCUT2D eigenvalue weighted by atomic mass is 35.5. The molecule has 1 N–H and O–H groups in total. The van der Waals surface area contributed by atoms with E-state index in [1.165, 1.54) is 0 Å². The van der Waals surface area contributed by atoms with E-state index in [-0.39, 0.29) is 5.91 Å². The lowest BCUT2D eigenvalue weighted by Gasteiger charge is -2.05. The molecule has 120 valence electrons. The van der Waals surface area contributed by atoms with Crippen LogP contribution in [0.15, 0.2) is 52.5 Å². The molecule has 7 heteroatoms. The Labute approximate surface area is 139 Å². The van der Waals surface area contributed by atoms with Crippen LogP contribution in [0.3, 0.4) is 0 Å². The molecular weight excluding hydrogens is 316 g/mol. The van der Waals surface area contributed by atoms with E-state index in [1.807, 2.05) is 0 Å². The van der Waals surface area contributed by atoms with E-state index in [4.69, 9.17) is 16.3 Å². The second-order valence-corrected chi connectivity index (χ2v) is 5.16. The largest absolute Gasteiger partial charge is 0.501 e. The van der Waals surface area contributed by atoms with Gasteiger partial charge < -0.3 is 10.1 Å². The third kappa shape index (κ3) is 5.34. The van der Waals surface area contributed by atoms with Gasteiger partial charge in [-0.05, 0) is 12.1 Å². The van der Waals surface area contributed by atoms with E-state index in [2.05, 4.69) is 26.9 Å². The summed E-state index contributed by atoms with van der Waals surface area (Å²) in [5, 5.41) is 3.11.